The number of anilines is 1. The van der Waals surface area contributed by atoms with Gasteiger partial charge in [-0.2, -0.15) is 0 Å². The maximum Gasteiger partial charge on any atom is 0.226 e. The number of nitrogens with one attached hydrogen (secondary N) is 1. The fraction of sp³-hybridized carbons (Fsp3) is 0.188. The summed E-state index contributed by atoms with van der Waals surface area (Å²) in [6, 6.07) is 7.86. The molecule has 0 atom stereocenters. The Kier molecular flexibility index (Phi) is 4.47. The minimum atomic E-state index is -0.273. The molecule has 2 heterocycles. The van der Waals surface area contributed by atoms with Crippen LogP contribution in [0.5, 0.6) is 0 Å². The number of aryl methyl sites for hydroxylation is 2. The number of hydrogen-bond donors (Lipinski definition) is 1. The van der Waals surface area contributed by atoms with Crippen molar-refractivity contribution in [2.24, 2.45) is 0 Å². The van der Waals surface area contributed by atoms with Gasteiger partial charge in [0.2, 0.25) is 5.91 Å². The number of halogens is 1. The molecule has 0 saturated heterocycles. The zero-order valence-corrected chi connectivity index (χ0v) is 13.2. The van der Waals surface area contributed by atoms with Crippen LogP contribution in [0.3, 0.4) is 0 Å². The van der Waals surface area contributed by atoms with Gasteiger partial charge in [0.15, 0.2) is 5.82 Å². The number of thiazole rings is 1. The summed E-state index contributed by atoms with van der Waals surface area (Å²) in [7, 11) is 0. The molecule has 0 aliphatic carbocycles. The highest BCUT2D eigenvalue weighted by molar-refractivity contribution is 7.13. The molecule has 0 radical (unpaired) electrons. The molecule has 0 unspecified atom stereocenters. The number of amides is 1. The Hall–Kier alpha value is -2.54. The van der Waals surface area contributed by atoms with Crippen molar-refractivity contribution in [2.75, 3.05) is 5.32 Å². The molecule has 23 heavy (non-hydrogen) atoms. The molecule has 7 heteroatoms. The topological polar surface area (TPSA) is 68.0 Å². The van der Waals surface area contributed by atoms with E-state index in [-0.39, 0.29) is 11.7 Å². The van der Waals surface area contributed by atoms with Crippen molar-refractivity contribution in [3.63, 3.8) is 0 Å². The zero-order valence-electron chi connectivity index (χ0n) is 12.4. The largest absolute Gasteiger partial charge is 0.360 e. The van der Waals surface area contributed by atoms with Crippen LogP contribution in [0.2, 0.25) is 0 Å². The molecule has 0 saturated carbocycles. The first kappa shape index (κ1) is 15.4. The van der Waals surface area contributed by atoms with Gasteiger partial charge in [0.25, 0.3) is 0 Å². The number of hydrogen-bond acceptors (Lipinski definition) is 5. The Bertz CT molecular complexity index is 811. The number of rotatable bonds is 5. The number of carbonyl (C=O) groups excluding carboxylic acids is 1. The van der Waals surface area contributed by atoms with E-state index in [4.69, 9.17) is 4.52 Å². The molecular weight excluding hydrogens is 317 g/mol. The van der Waals surface area contributed by atoms with E-state index in [1.54, 1.807) is 25.1 Å². The van der Waals surface area contributed by atoms with Crippen molar-refractivity contribution in [1.29, 1.82) is 0 Å². The van der Waals surface area contributed by atoms with Gasteiger partial charge in [-0.15, -0.1) is 11.3 Å². The highest BCUT2D eigenvalue weighted by atomic mass is 32.1. The summed E-state index contributed by atoms with van der Waals surface area (Å²) in [5.41, 5.74) is 1.70. The van der Waals surface area contributed by atoms with Gasteiger partial charge in [0.1, 0.15) is 16.6 Å². The quantitative estimate of drug-likeness (QED) is 0.772. The maximum atomic E-state index is 12.9. The lowest BCUT2D eigenvalue weighted by molar-refractivity contribution is -0.116. The van der Waals surface area contributed by atoms with Crippen LogP contribution in [0.25, 0.3) is 10.6 Å². The predicted molar refractivity (Wildman–Crippen MR) is 85.7 cm³/mol. The van der Waals surface area contributed by atoms with E-state index < -0.39 is 0 Å². The van der Waals surface area contributed by atoms with Crippen molar-refractivity contribution >= 4 is 23.1 Å². The minimum absolute atomic E-state index is 0.144. The van der Waals surface area contributed by atoms with Crippen LogP contribution in [0.1, 0.15) is 17.9 Å². The first-order chi connectivity index (χ1) is 11.1. The fourth-order valence-electron chi connectivity index (χ4n) is 2.02. The summed E-state index contributed by atoms with van der Waals surface area (Å²) >= 11 is 1.47. The average molecular weight is 331 g/mol. The lowest BCUT2D eigenvalue weighted by Gasteiger charge is -1.99. The van der Waals surface area contributed by atoms with Gasteiger partial charge in [-0.05, 0) is 37.6 Å². The second kappa shape index (κ2) is 6.70. The molecule has 0 spiro atoms. The van der Waals surface area contributed by atoms with Gasteiger partial charge in [-0.3, -0.25) is 4.79 Å². The van der Waals surface area contributed by atoms with E-state index in [1.165, 1.54) is 23.5 Å². The Morgan fingerprint density at radius 1 is 1.35 bits per heavy atom. The van der Waals surface area contributed by atoms with E-state index >= 15 is 0 Å². The van der Waals surface area contributed by atoms with Crippen molar-refractivity contribution in [1.82, 2.24) is 10.1 Å². The number of aromatic nitrogens is 2. The molecule has 3 rings (SSSR count). The van der Waals surface area contributed by atoms with E-state index in [1.807, 2.05) is 5.38 Å². The average Bonchev–Trinajstić information content (AvgIpc) is 3.15. The Labute approximate surface area is 136 Å². The van der Waals surface area contributed by atoms with Crippen molar-refractivity contribution in [3.8, 4) is 10.6 Å². The standard InChI is InChI=1S/C16H14FN3O2S/c1-10-8-14(20-22-10)19-15(21)7-6-13-9-23-16(18-13)11-2-4-12(17)5-3-11/h2-5,8-9H,6-7H2,1H3,(H,19,20,21). The van der Waals surface area contributed by atoms with E-state index in [2.05, 4.69) is 15.5 Å². The Morgan fingerprint density at radius 2 is 2.13 bits per heavy atom. The first-order valence-electron chi connectivity index (χ1n) is 7.03. The molecule has 118 valence electrons. The van der Waals surface area contributed by atoms with E-state index in [0.717, 1.165) is 16.3 Å². The number of carbonyl (C=O) groups is 1. The maximum absolute atomic E-state index is 12.9. The molecule has 0 aliphatic heterocycles. The summed E-state index contributed by atoms with van der Waals surface area (Å²) < 4.78 is 17.8. The van der Waals surface area contributed by atoms with Crippen molar-refractivity contribution in [3.05, 3.63) is 53.0 Å². The monoisotopic (exact) mass is 331 g/mol. The first-order valence-corrected chi connectivity index (χ1v) is 7.91. The summed E-state index contributed by atoms with van der Waals surface area (Å²) in [6.07, 6.45) is 0.832. The third-order valence-electron chi connectivity index (χ3n) is 3.15. The molecule has 3 aromatic rings. The fourth-order valence-corrected chi connectivity index (χ4v) is 2.88. The second-order valence-corrected chi connectivity index (χ2v) is 5.88. The number of benzene rings is 1. The highest BCUT2D eigenvalue weighted by Crippen LogP contribution is 2.24. The number of nitrogens with zero attached hydrogens (tertiary/aromatic N) is 2. The molecule has 0 aliphatic rings. The third kappa shape index (κ3) is 4.01. The molecule has 1 N–H and O–H groups in total. The van der Waals surface area contributed by atoms with Gasteiger partial charge in [0.05, 0.1) is 5.69 Å². The molecule has 1 aromatic carbocycles. The Morgan fingerprint density at radius 3 is 2.83 bits per heavy atom. The van der Waals surface area contributed by atoms with E-state index in [9.17, 15) is 9.18 Å². The van der Waals surface area contributed by atoms with Gasteiger partial charge in [-0.1, -0.05) is 5.16 Å². The van der Waals surface area contributed by atoms with Crippen LogP contribution < -0.4 is 5.32 Å². The SMILES string of the molecule is Cc1cc(NC(=O)CCc2csc(-c3ccc(F)cc3)n2)no1. The smallest absolute Gasteiger partial charge is 0.226 e. The van der Waals surface area contributed by atoms with Gasteiger partial charge >= 0.3 is 0 Å². The van der Waals surface area contributed by atoms with Crippen LogP contribution in [0, 0.1) is 12.7 Å². The summed E-state index contributed by atoms with van der Waals surface area (Å²) in [4.78, 5) is 16.3. The molecule has 0 fully saturated rings. The Balaban J connectivity index is 1.56. The minimum Gasteiger partial charge on any atom is -0.360 e. The highest BCUT2D eigenvalue weighted by Gasteiger charge is 2.09. The molecule has 0 bridgehead atoms. The molecule has 1 amide bonds. The lowest BCUT2D eigenvalue weighted by atomic mass is 10.2. The molecule has 5 nitrogen and oxygen atoms in total. The molecular formula is C16H14FN3O2S. The normalized spacial score (nSPS) is 10.7. The van der Waals surface area contributed by atoms with Crippen LogP contribution >= 0.6 is 11.3 Å². The van der Waals surface area contributed by atoms with Crippen molar-refractivity contribution in [2.45, 2.75) is 19.8 Å². The van der Waals surface area contributed by atoms with Crippen LogP contribution in [-0.2, 0) is 11.2 Å². The summed E-state index contributed by atoms with van der Waals surface area (Å²) in [5, 5.41) is 9.10. The summed E-state index contributed by atoms with van der Waals surface area (Å²) in [5.74, 6) is 0.640. The summed E-state index contributed by atoms with van der Waals surface area (Å²) in [6.45, 7) is 1.76. The van der Waals surface area contributed by atoms with Crippen LogP contribution in [0.4, 0.5) is 10.2 Å². The molecule has 2 aromatic heterocycles. The van der Waals surface area contributed by atoms with Gasteiger partial charge in [0, 0.05) is 23.4 Å². The second-order valence-electron chi connectivity index (χ2n) is 5.02. The predicted octanol–water partition coefficient (Wildman–Crippen LogP) is 3.82. The van der Waals surface area contributed by atoms with E-state index in [0.29, 0.717) is 24.4 Å². The zero-order chi connectivity index (χ0) is 16.2. The van der Waals surface area contributed by atoms with Gasteiger partial charge in [-0.25, -0.2) is 9.37 Å². The van der Waals surface area contributed by atoms with Crippen LogP contribution in [0.15, 0.2) is 40.2 Å². The van der Waals surface area contributed by atoms with Crippen LogP contribution in [-0.4, -0.2) is 16.0 Å². The van der Waals surface area contributed by atoms with Crippen molar-refractivity contribution < 1.29 is 13.7 Å². The lowest BCUT2D eigenvalue weighted by Crippen LogP contribution is -2.12. The third-order valence-corrected chi connectivity index (χ3v) is 4.09. The van der Waals surface area contributed by atoms with Gasteiger partial charge < -0.3 is 9.84 Å².